The Morgan fingerprint density at radius 1 is 0.541 bits per heavy atom. The summed E-state index contributed by atoms with van der Waals surface area (Å²) in [6, 6.07) is 49.9. The molecule has 0 aliphatic heterocycles. The Hall–Kier alpha value is -7.18. The molecule has 8 rings (SSSR count). The Bertz CT molecular complexity index is 2830. The van der Waals surface area contributed by atoms with Gasteiger partial charge in [-0.3, -0.25) is 0 Å². The molecule has 1 saturated carbocycles. The standard InChI is InChI=1S/C55H50N2O4/c1-6-44-51(58)49(53(60)54(61)52(44)59)41-28-24-38(25-29-41)37-20-22-39(23-21-37)43-30-31-45(47(32-43)40-26-27-40)48-34(4)14-13-19-46(48)55(56-35(5)36-15-9-7-10-16-36)57-50(33(2)3)42-17-11-8-12-18-42/h7-25,28-32,40,58-61H,6,26-27H2,1-5H3. The number of nitrogens with zero attached hydrogens (tertiary/aromatic N) is 2. The van der Waals surface area contributed by atoms with Crippen LogP contribution < -0.4 is 0 Å². The van der Waals surface area contributed by atoms with Gasteiger partial charge < -0.3 is 20.4 Å². The largest absolute Gasteiger partial charge is 0.507 e. The summed E-state index contributed by atoms with van der Waals surface area (Å²) < 4.78 is 0. The van der Waals surface area contributed by atoms with Crippen molar-refractivity contribution in [3.8, 4) is 67.5 Å². The van der Waals surface area contributed by atoms with Gasteiger partial charge in [0.25, 0.3) is 0 Å². The summed E-state index contributed by atoms with van der Waals surface area (Å²) in [4.78, 5) is 10.7. The lowest BCUT2D eigenvalue weighted by Gasteiger charge is -2.19. The van der Waals surface area contributed by atoms with Gasteiger partial charge in [-0.25, -0.2) is 9.98 Å². The number of benzene rings is 7. The molecule has 6 heteroatoms. The molecule has 304 valence electrons. The Balaban J connectivity index is 1.16. The third kappa shape index (κ3) is 8.22. The predicted molar refractivity (Wildman–Crippen MR) is 251 cm³/mol. The van der Waals surface area contributed by atoms with E-state index in [1.54, 1.807) is 19.1 Å². The highest BCUT2D eigenvalue weighted by Gasteiger charge is 2.29. The molecule has 0 amide bonds. The molecule has 1 fully saturated rings. The second kappa shape index (κ2) is 17.2. The van der Waals surface area contributed by atoms with Crippen molar-refractivity contribution < 1.29 is 20.4 Å². The topological polar surface area (TPSA) is 106 Å². The van der Waals surface area contributed by atoms with Crippen LogP contribution in [0.15, 0.2) is 161 Å². The Morgan fingerprint density at radius 2 is 1.10 bits per heavy atom. The van der Waals surface area contributed by atoms with Crippen LogP contribution in [0.3, 0.4) is 0 Å². The van der Waals surface area contributed by atoms with E-state index in [9.17, 15) is 20.4 Å². The molecule has 4 N–H and O–H groups in total. The third-order valence-corrected chi connectivity index (χ3v) is 11.6. The maximum absolute atomic E-state index is 10.9. The minimum atomic E-state index is -0.639. The zero-order valence-corrected chi connectivity index (χ0v) is 35.2. The average molecular weight is 803 g/mol. The van der Waals surface area contributed by atoms with Crippen LogP contribution in [0.25, 0.3) is 50.2 Å². The molecule has 61 heavy (non-hydrogen) atoms. The number of aliphatic imine (C=N–C) groups is 2. The SMILES string of the molecule is CCc1c(O)c(O)c(O)c(-c2ccc(-c3ccc(-c4ccc(-c5c(C)cccc5C(N=C(C)c5ccccc5)=NC(=C(C)C)c5ccccc5)c(C5CC5)c4)cc3)cc2)c1O. The number of rotatable bonds is 10. The van der Waals surface area contributed by atoms with Crippen LogP contribution in [0, 0.1) is 6.92 Å². The van der Waals surface area contributed by atoms with Crippen LogP contribution in [0.5, 0.6) is 23.0 Å². The lowest BCUT2D eigenvalue weighted by atomic mass is 9.87. The van der Waals surface area contributed by atoms with Gasteiger partial charge in [0.05, 0.1) is 11.3 Å². The van der Waals surface area contributed by atoms with Crippen LogP contribution >= 0.6 is 0 Å². The number of phenolic OH excluding ortho intramolecular Hbond substituents is 4. The van der Waals surface area contributed by atoms with Gasteiger partial charge >= 0.3 is 0 Å². The van der Waals surface area contributed by atoms with Gasteiger partial charge in [0, 0.05) is 22.4 Å². The van der Waals surface area contributed by atoms with Gasteiger partial charge in [-0.15, -0.1) is 0 Å². The molecule has 6 nitrogen and oxygen atoms in total. The minimum absolute atomic E-state index is 0.0881. The van der Waals surface area contributed by atoms with Crippen LogP contribution in [0.1, 0.15) is 79.8 Å². The zero-order chi connectivity index (χ0) is 42.8. The highest BCUT2D eigenvalue weighted by atomic mass is 16.3. The van der Waals surface area contributed by atoms with Crippen LogP contribution in [-0.2, 0) is 6.42 Å². The molecule has 0 heterocycles. The second-order valence-corrected chi connectivity index (χ2v) is 16.0. The number of hydrogen-bond acceptors (Lipinski definition) is 5. The first-order chi connectivity index (χ1) is 29.5. The summed E-state index contributed by atoms with van der Waals surface area (Å²) >= 11 is 0. The van der Waals surface area contributed by atoms with E-state index in [1.165, 1.54) is 16.7 Å². The summed E-state index contributed by atoms with van der Waals surface area (Å²) in [5.41, 5.74) is 15.9. The van der Waals surface area contributed by atoms with Gasteiger partial charge in [0.1, 0.15) is 5.75 Å². The van der Waals surface area contributed by atoms with E-state index in [2.05, 4.69) is 113 Å². The number of allylic oxidation sites excluding steroid dienone is 1. The van der Waals surface area contributed by atoms with Crippen molar-refractivity contribution >= 4 is 17.2 Å². The number of aryl methyl sites for hydroxylation is 1. The molecule has 0 aromatic heterocycles. The predicted octanol–water partition coefficient (Wildman–Crippen LogP) is 13.6. The van der Waals surface area contributed by atoms with E-state index in [1.807, 2.05) is 48.5 Å². The Kier molecular flexibility index (Phi) is 11.4. The van der Waals surface area contributed by atoms with Gasteiger partial charge in [-0.05, 0) is 109 Å². The third-order valence-electron chi connectivity index (χ3n) is 11.6. The fraction of sp³-hybridized carbons (Fsp3) is 0.164. The molecular formula is C55H50N2O4. The normalized spacial score (nSPS) is 13.0. The quantitative estimate of drug-likeness (QED) is 0.0478. The maximum Gasteiger partial charge on any atom is 0.201 e. The molecule has 1 aliphatic rings. The molecule has 1 aliphatic carbocycles. The molecule has 0 spiro atoms. The average Bonchev–Trinajstić information content (AvgIpc) is 4.14. The molecular weight excluding hydrogens is 753 g/mol. The number of hydrogen-bond donors (Lipinski definition) is 4. The zero-order valence-electron chi connectivity index (χ0n) is 35.2. The molecule has 0 bridgehead atoms. The van der Waals surface area contributed by atoms with Crippen molar-refractivity contribution in [1.82, 2.24) is 0 Å². The first-order valence-corrected chi connectivity index (χ1v) is 20.9. The number of amidine groups is 1. The number of phenols is 4. The summed E-state index contributed by atoms with van der Waals surface area (Å²) in [6.45, 7) is 10.2. The lowest BCUT2D eigenvalue weighted by molar-refractivity contribution is 0.358. The van der Waals surface area contributed by atoms with Crippen LogP contribution in [0.2, 0.25) is 0 Å². The van der Waals surface area contributed by atoms with E-state index < -0.39 is 17.2 Å². The Labute approximate surface area is 358 Å². The Morgan fingerprint density at radius 3 is 1.67 bits per heavy atom. The molecule has 7 aromatic carbocycles. The molecule has 0 unspecified atom stereocenters. The molecule has 0 atom stereocenters. The van der Waals surface area contributed by atoms with E-state index in [4.69, 9.17) is 9.98 Å². The van der Waals surface area contributed by atoms with Crippen molar-refractivity contribution in [2.75, 3.05) is 0 Å². The van der Waals surface area contributed by atoms with E-state index in [0.29, 0.717) is 17.3 Å². The van der Waals surface area contributed by atoms with E-state index in [0.717, 1.165) is 74.3 Å². The molecule has 0 saturated heterocycles. The first kappa shape index (κ1) is 40.6. The van der Waals surface area contributed by atoms with Crippen molar-refractivity contribution in [2.24, 2.45) is 9.98 Å². The van der Waals surface area contributed by atoms with Crippen LogP contribution in [0.4, 0.5) is 0 Å². The van der Waals surface area contributed by atoms with Crippen molar-refractivity contribution in [3.05, 3.63) is 185 Å². The van der Waals surface area contributed by atoms with Crippen molar-refractivity contribution in [3.63, 3.8) is 0 Å². The smallest absolute Gasteiger partial charge is 0.201 e. The molecule has 0 radical (unpaired) electrons. The fourth-order valence-corrected chi connectivity index (χ4v) is 8.17. The van der Waals surface area contributed by atoms with Crippen molar-refractivity contribution in [2.45, 2.75) is 59.8 Å². The first-order valence-electron chi connectivity index (χ1n) is 20.9. The summed E-state index contributed by atoms with van der Waals surface area (Å²) in [7, 11) is 0. The highest BCUT2D eigenvalue weighted by molar-refractivity contribution is 6.15. The number of aromatic hydroxyl groups is 4. The van der Waals surface area contributed by atoms with Crippen molar-refractivity contribution in [1.29, 1.82) is 0 Å². The fourth-order valence-electron chi connectivity index (χ4n) is 8.17. The van der Waals surface area contributed by atoms with E-state index >= 15 is 0 Å². The highest BCUT2D eigenvalue weighted by Crippen LogP contribution is 2.52. The van der Waals surface area contributed by atoms with Gasteiger partial charge in [0.2, 0.25) is 5.75 Å². The second-order valence-electron chi connectivity index (χ2n) is 16.0. The monoisotopic (exact) mass is 802 g/mol. The maximum atomic E-state index is 10.9. The lowest BCUT2D eigenvalue weighted by Crippen LogP contribution is -2.08. The van der Waals surface area contributed by atoms with Crippen LogP contribution in [-0.4, -0.2) is 32.0 Å². The van der Waals surface area contributed by atoms with Gasteiger partial charge in [-0.2, -0.15) is 0 Å². The summed E-state index contributed by atoms with van der Waals surface area (Å²) in [5, 5.41) is 42.1. The minimum Gasteiger partial charge on any atom is -0.507 e. The molecule has 7 aromatic rings. The van der Waals surface area contributed by atoms with Gasteiger partial charge in [-0.1, -0.05) is 158 Å². The van der Waals surface area contributed by atoms with Gasteiger partial charge in [0.15, 0.2) is 17.3 Å². The van der Waals surface area contributed by atoms with E-state index in [-0.39, 0.29) is 23.3 Å². The summed E-state index contributed by atoms with van der Waals surface area (Å²) in [5.74, 6) is -0.803. The summed E-state index contributed by atoms with van der Waals surface area (Å²) in [6.07, 6.45) is 2.58.